The minimum Gasteiger partial charge on any atom is -0.780 e. The Labute approximate surface area is 264 Å². The molecule has 7 rings (SSSR count). The van der Waals surface area contributed by atoms with Crippen molar-refractivity contribution in [3.63, 3.8) is 0 Å². The number of hydrogen-bond acceptors (Lipinski definition) is 20. The van der Waals surface area contributed by atoms with Crippen LogP contribution in [-0.4, -0.2) is 99.1 Å². The Morgan fingerprint density at radius 1 is 0.891 bits per heavy atom. The van der Waals surface area contributed by atoms with Crippen LogP contribution >= 0.6 is 13.5 Å². The number of aliphatic hydroxyl groups excluding tert-OH is 2. The number of anilines is 2. The van der Waals surface area contributed by atoms with Crippen molar-refractivity contribution in [2.75, 3.05) is 24.7 Å². The van der Waals surface area contributed by atoms with Gasteiger partial charge in [0.2, 0.25) is 11.9 Å². The number of nitrogens with two attached hydrogens (primary N) is 2. The lowest BCUT2D eigenvalue weighted by Gasteiger charge is -2.37. The van der Waals surface area contributed by atoms with E-state index in [0.717, 1.165) is 12.7 Å². The summed E-state index contributed by atoms with van der Waals surface area (Å²) >= 11 is 10.2. The normalized spacial score (nSPS) is 37.1. The molecule has 4 unspecified atom stereocenters. The van der Waals surface area contributed by atoms with Crippen LogP contribution in [-0.2, 0) is 56.2 Å². The third-order valence-corrected chi connectivity index (χ3v) is 10.4. The average Bonchev–Trinajstić information content (AvgIpc) is 3.72. The number of ether oxygens (including phenoxy) is 2. The van der Waals surface area contributed by atoms with Crippen molar-refractivity contribution in [1.29, 1.82) is 0 Å². The Morgan fingerprint density at radius 2 is 1.35 bits per heavy atom. The molecular formula is C20H22N10O12P2S2-2. The molecule has 0 aromatic carbocycles. The molecule has 10 atom stereocenters. The second-order valence-corrected chi connectivity index (χ2v) is 15.7. The molecule has 3 fully saturated rings. The summed E-state index contributed by atoms with van der Waals surface area (Å²) in [6.45, 7) is -10.3. The van der Waals surface area contributed by atoms with E-state index in [1.165, 1.54) is 9.13 Å². The monoisotopic (exact) mass is 720 g/mol. The second kappa shape index (κ2) is 11.4. The quantitative estimate of drug-likeness (QED) is 0.0887. The van der Waals surface area contributed by atoms with Crippen molar-refractivity contribution in [2.45, 2.75) is 49.1 Å². The van der Waals surface area contributed by atoms with Gasteiger partial charge >= 0.3 is 0 Å². The van der Waals surface area contributed by atoms with Crippen molar-refractivity contribution in [1.82, 2.24) is 39.0 Å². The molecule has 8 N–H and O–H groups in total. The standard InChI is InChI=1S/C20H24N10O12P2S2/c21-19-25-13-7(15(33)27-19)23-3-29(13)17-9(31)11-5(39-17)1-37-43(35,45)42-12-6(2-38-44(36,46)41-11)40-18(10(12)32)30-4-24-8-14(30)26-20(22)28-16(8)34/h3-6,9-12,17-18,31-32H,1-2H2,(H,35,45)(H,36,46)(H3,21,25,27,33)(H3,22,26,28,34)/p-2/t5-,6-,9?,10?,11+,12+,17-,18-,43?,44?/m1/s1. The molecule has 3 aliphatic heterocycles. The lowest BCUT2D eigenvalue weighted by molar-refractivity contribution is -0.218. The van der Waals surface area contributed by atoms with Gasteiger partial charge in [0.05, 0.1) is 25.9 Å². The molecule has 3 saturated heterocycles. The molecule has 0 spiro atoms. The van der Waals surface area contributed by atoms with Crippen LogP contribution in [0, 0.1) is 0 Å². The molecule has 4 aromatic rings. The smallest absolute Gasteiger partial charge is 0.280 e. The van der Waals surface area contributed by atoms with Crippen LogP contribution in [0.2, 0.25) is 0 Å². The number of imidazole rings is 2. The first-order valence-corrected chi connectivity index (χ1v) is 18.2. The summed E-state index contributed by atoms with van der Waals surface area (Å²) < 4.78 is 49.4. The third-order valence-electron chi connectivity index (χ3n) is 7.36. The minimum absolute atomic E-state index is 0.0553. The number of nitrogens with one attached hydrogen (secondary N) is 2. The zero-order chi connectivity index (χ0) is 32.7. The number of H-pyrrole nitrogens is 2. The van der Waals surface area contributed by atoms with E-state index in [4.69, 9.17) is 63.1 Å². The number of nitrogen functional groups attached to an aromatic ring is 2. The van der Waals surface area contributed by atoms with Gasteiger partial charge in [0.1, 0.15) is 43.3 Å². The number of aliphatic hydroxyl groups is 2. The van der Waals surface area contributed by atoms with E-state index in [1.54, 1.807) is 0 Å². The first-order valence-electron chi connectivity index (χ1n) is 13.1. The molecular weight excluding hydrogens is 698 g/mol. The zero-order valence-electron chi connectivity index (χ0n) is 22.7. The first-order chi connectivity index (χ1) is 21.7. The van der Waals surface area contributed by atoms with Crippen molar-refractivity contribution >= 4 is 71.8 Å². The van der Waals surface area contributed by atoms with E-state index in [9.17, 15) is 29.3 Å². The number of aromatic amines is 2. The molecule has 0 radical (unpaired) electrons. The third kappa shape index (κ3) is 5.57. The summed E-state index contributed by atoms with van der Waals surface area (Å²) in [6, 6.07) is 0. The Kier molecular flexibility index (Phi) is 7.87. The van der Waals surface area contributed by atoms with Gasteiger partial charge in [-0.15, -0.1) is 0 Å². The number of aromatic nitrogens is 8. The van der Waals surface area contributed by atoms with Gasteiger partial charge in [-0.3, -0.25) is 33.3 Å². The van der Waals surface area contributed by atoms with Gasteiger partial charge in [-0.05, 0) is 0 Å². The predicted octanol–water partition coefficient (Wildman–Crippen LogP) is -3.01. The second-order valence-electron chi connectivity index (χ2n) is 10.3. The van der Waals surface area contributed by atoms with E-state index >= 15 is 0 Å². The van der Waals surface area contributed by atoms with Crippen LogP contribution in [0.4, 0.5) is 11.9 Å². The van der Waals surface area contributed by atoms with Crippen LogP contribution in [0.5, 0.6) is 0 Å². The highest BCUT2D eigenvalue weighted by atomic mass is 32.7. The summed E-state index contributed by atoms with van der Waals surface area (Å²) in [5.74, 6) is -0.476. The van der Waals surface area contributed by atoms with Crippen molar-refractivity contribution in [2.24, 2.45) is 0 Å². The molecule has 0 aliphatic carbocycles. The molecule has 4 aromatic heterocycles. The summed E-state index contributed by atoms with van der Waals surface area (Å²) in [6.07, 6.45) is -9.45. The van der Waals surface area contributed by atoms with Gasteiger partial charge in [0, 0.05) is 0 Å². The largest absolute Gasteiger partial charge is 0.780 e. The molecule has 248 valence electrons. The highest BCUT2D eigenvalue weighted by Gasteiger charge is 2.51. The highest BCUT2D eigenvalue weighted by molar-refractivity contribution is 8.32. The average molecular weight is 721 g/mol. The van der Waals surface area contributed by atoms with Gasteiger partial charge in [0.25, 0.3) is 11.1 Å². The lowest BCUT2D eigenvalue weighted by Crippen LogP contribution is -2.40. The number of fused-ring (bicyclic) bond motifs is 4. The van der Waals surface area contributed by atoms with E-state index in [-0.39, 0.29) is 34.2 Å². The van der Waals surface area contributed by atoms with E-state index < -0.39 is 86.9 Å². The fraction of sp³-hybridized carbons (Fsp3) is 0.500. The Morgan fingerprint density at radius 3 is 1.85 bits per heavy atom. The van der Waals surface area contributed by atoms with Crippen LogP contribution in [0.1, 0.15) is 12.5 Å². The fourth-order valence-electron chi connectivity index (χ4n) is 5.37. The van der Waals surface area contributed by atoms with E-state index in [2.05, 4.69) is 29.9 Å². The highest BCUT2D eigenvalue weighted by Crippen LogP contribution is 2.53. The number of nitrogens with zero attached hydrogens (tertiary/aromatic N) is 6. The maximum absolute atomic E-state index is 13.4. The number of hydrogen-bond donors (Lipinski definition) is 6. The molecule has 26 heteroatoms. The predicted molar refractivity (Wildman–Crippen MR) is 156 cm³/mol. The molecule has 0 amide bonds. The number of rotatable bonds is 2. The Balaban J connectivity index is 1.18. The zero-order valence-corrected chi connectivity index (χ0v) is 26.1. The topological polar surface area (TPSA) is 315 Å². The van der Waals surface area contributed by atoms with Gasteiger partial charge in [-0.2, -0.15) is 9.97 Å². The SMILES string of the molecule is Nc1nc2c(ncn2[C@@H]2O[C@@H]3COP([O-])(=S)O[C@@H]4C(O)[C@H](n5cnc6c(=O)[nH]c(N)nc65)O[C@@H]4COP(=O)([S-])O[C@@H]3C2O)c(=O)[nH]1. The molecule has 0 saturated carbocycles. The van der Waals surface area contributed by atoms with Gasteiger partial charge < -0.3 is 66.4 Å². The maximum atomic E-state index is 13.4. The summed E-state index contributed by atoms with van der Waals surface area (Å²) in [5.41, 5.74) is 9.67. The van der Waals surface area contributed by atoms with Crippen LogP contribution in [0.25, 0.3) is 22.3 Å². The molecule has 22 nitrogen and oxygen atoms in total. The van der Waals surface area contributed by atoms with Gasteiger partial charge in [-0.1, -0.05) is 11.8 Å². The van der Waals surface area contributed by atoms with Crippen molar-refractivity contribution < 1.29 is 47.2 Å². The summed E-state index contributed by atoms with van der Waals surface area (Å²) in [4.78, 5) is 58.5. The molecule has 7 heterocycles. The lowest BCUT2D eigenvalue weighted by atomic mass is 10.1. The van der Waals surface area contributed by atoms with Gasteiger partial charge in [0.15, 0.2) is 41.6 Å². The van der Waals surface area contributed by atoms with Crippen LogP contribution in [0.3, 0.4) is 0 Å². The molecule has 3 aliphatic rings. The first kappa shape index (κ1) is 31.8. The Bertz CT molecular complexity index is 1910. The molecule has 46 heavy (non-hydrogen) atoms. The Hall–Kier alpha value is -2.83. The van der Waals surface area contributed by atoms with Crippen LogP contribution < -0.4 is 27.5 Å². The van der Waals surface area contributed by atoms with Crippen LogP contribution in [0.15, 0.2) is 22.2 Å². The minimum atomic E-state index is -4.48. The van der Waals surface area contributed by atoms with Crippen molar-refractivity contribution in [3.8, 4) is 0 Å². The van der Waals surface area contributed by atoms with E-state index in [1.807, 2.05) is 0 Å². The summed E-state index contributed by atoms with van der Waals surface area (Å²) in [5, 5.41) is 22.4. The van der Waals surface area contributed by atoms with Gasteiger partial charge in [-0.25, -0.2) is 9.97 Å². The molecule has 0 bridgehead atoms. The fourth-order valence-corrected chi connectivity index (χ4v) is 8.23. The maximum Gasteiger partial charge on any atom is 0.280 e. The van der Waals surface area contributed by atoms with E-state index in [0.29, 0.717) is 0 Å². The summed E-state index contributed by atoms with van der Waals surface area (Å²) in [7, 11) is 0. The van der Waals surface area contributed by atoms with Crippen molar-refractivity contribution in [3.05, 3.63) is 33.4 Å².